The molecule has 0 radical (unpaired) electrons. The molecule has 0 unspecified atom stereocenters. The summed E-state index contributed by atoms with van der Waals surface area (Å²) in [5.41, 5.74) is 1.95. The van der Waals surface area contributed by atoms with Gasteiger partial charge in [0.1, 0.15) is 16.8 Å². The zero-order chi connectivity index (χ0) is 11.8. The average Bonchev–Trinajstić information content (AvgIpc) is 2.97. The Kier molecular flexibility index (Phi) is 1.94. The van der Waals surface area contributed by atoms with Crippen LogP contribution in [0, 0.1) is 0 Å². The van der Waals surface area contributed by atoms with Gasteiger partial charge in [-0.15, -0.1) is 0 Å². The maximum atomic E-state index is 10.7. The molecule has 0 bridgehead atoms. The summed E-state index contributed by atoms with van der Waals surface area (Å²) in [6, 6.07) is 8.21. The van der Waals surface area contributed by atoms with Crippen molar-refractivity contribution in [3.05, 3.63) is 36.1 Å². The molecule has 0 aliphatic heterocycles. The first-order valence-corrected chi connectivity index (χ1v) is 4.80. The SMILES string of the molecule is O=C(O)c1ccc(-c2ccc3nonc3c2)o1. The topological polar surface area (TPSA) is 89.4 Å². The summed E-state index contributed by atoms with van der Waals surface area (Å²) in [7, 11) is 0. The molecule has 2 heterocycles. The van der Waals surface area contributed by atoms with Gasteiger partial charge in [0.15, 0.2) is 0 Å². The van der Waals surface area contributed by atoms with Crippen molar-refractivity contribution in [2.75, 3.05) is 0 Å². The molecule has 0 aliphatic rings. The van der Waals surface area contributed by atoms with Crippen LogP contribution in [-0.4, -0.2) is 21.4 Å². The van der Waals surface area contributed by atoms with Crippen LogP contribution in [-0.2, 0) is 0 Å². The normalized spacial score (nSPS) is 10.8. The lowest BCUT2D eigenvalue weighted by molar-refractivity contribution is 0.0663. The highest BCUT2D eigenvalue weighted by Gasteiger charge is 2.11. The van der Waals surface area contributed by atoms with Gasteiger partial charge < -0.3 is 9.52 Å². The molecule has 3 rings (SSSR count). The van der Waals surface area contributed by atoms with E-state index in [4.69, 9.17) is 9.52 Å². The largest absolute Gasteiger partial charge is 0.475 e. The highest BCUT2D eigenvalue weighted by atomic mass is 16.6. The van der Waals surface area contributed by atoms with Crippen LogP contribution in [0.4, 0.5) is 0 Å². The molecule has 6 heteroatoms. The van der Waals surface area contributed by atoms with Crippen LogP contribution in [0.1, 0.15) is 10.6 Å². The fraction of sp³-hybridized carbons (Fsp3) is 0. The fourth-order valence-electron chi connectivity index (χ4n) is 1.54. The zero-order valence-corrected chi connectivity index (χ0v) is 8.45. The Morgan fingerprint density at radius 2 is 1.94 bits per heavy atom. The molecule has 0 saturated carbocycles. The minimum atomic E-state index is -1.10. The number of aromatic carboxylic acids is 1. The Hall–Kier alpha value is -2.63. The number of rotatable bonds is 2. The van der Waals surface area contributed by atoms with Gasteiger partial charge in [0.05, 0.1) is 0 Å². The molecule has 2 aromatic heterocycles. The van der Waals surface area contributed by atoms with Gasteiger partial charge in [-0.1, -0.05) is 0 Å². The van der Waals surface area contributed by atoms with E-state index in [1.807, 2.05) is 0 Å². The molecule has 0 atom stereocenters. The van der Waals surface area contributed by atoms with Gasteiger partial charge in [0.25, 0.3) is 0 Å². The van der Waals surface area contributed by atoms with Gasteiger partial charge in [-0.2, -0.15) is 0 Å². The Bertz CT molecular complexity index is 698. The molecule has 0 aliphatic carbocycles. The molecular formula is C11H6N2O4. The number of hydrogen-bond acceptors (Lipinski definition) is 5. The Morgan fingerprint density at radius 1 is 1.12 bits per heavy atom. The van der Waals surface area contributed by atoms with Crippen molar-refractivity contribution in [1.82, 2.24) is 10.3 Å². The molecule has 1 aromatic carbocycles. The maximum Gasteiger partial charge on any atom is 0.371 e. The fourth-order valence-corrected chi connectivity index (χ4v) is 1.54. The molecule has 0 saturated heterocycles. The van der Waals surface area contributed by atoms with Crippen molar-refractivity contribution in [3.63, 3.8) is 0 Å². The van der Waals surface area contributed by atoms with E-state index in [1.54, 1.807) is 24.3 Å². The predicted octanol–water partition coefficient (Wildman–Crippen LogP) is 2.18. The van der Waals surface area contributed by atoms with Crippen LogP contribution in [0.2, 0.25) is 0 Å². The quantitative estimate of drug-likeness (QED) is 0.725. The zero-order valence-electron chi connectivity index (χ0n) is 8.45. The predicted molar refractivity (Wildman–Crippen MR) is 56.5 cm³/mol. The van der Waals surface area contributed by atoms with E-state index in [9.17, 15) is 4.79 Å². The minimum Gasteiger partial charge on any atom is -0.475 e. The van der Waals surface area contributed by atoms with Crippen molar-refractivity contribution in [2.24, 2.45) is 0 Å². The first-order valence-electron chi connectivity index (χ1n) is 4.80. The van der Waals surface area contributed by atoms with Crippen LogP contribution in [0.25, 0.3) is 22.4 Å². The molecule has 84 valence electrons. The summed E-state index contributed by atoms with van der Waals surface area (Å²) in [5, 5.41) is 16.1. The standard InChI is InChI=1S/C11H6N2O4/c14-11(15)10-4-3-9(16-10)6-1-2-7-8(5-6)13-17-12-7/h1-5H,(H,14,15). The van der Waals surface area contributed by atoms with Crippen LogP contribution >= 0.6 is 0 Å². The second-order valence-electron chi connectivity index (χ2n) is 3.44. The summed E-state index contributed by atoms with van der Waals surface area (Å²) in [6.07, 6.45) is 0. The molecule has 0 spiro atoms. The molecule has 0 amide bonds. The van der Waals surface area contributed by atoms with Crippen molar-refractivity contribution >= 4 is 17.0 Å². The van der Waals surface area contributed by atoms with Crippen LogP contribution in [0.3, 0.4) is 0 Å². The van der Waals surface area contributed by atoms with Crippen molar-refractivity contribution in [1.29, 1.82) is 0 Å². The Balaban J connectivity index is 2.09. The number of carbonyl (C=O) groups is 1. The van der Waals surface area contributed by atoms with Gasteiger partial charge in [-0.3, -0.25) is 0 Å². The smallest absolute Gasteiger partial charge is 0.371 e. The Labute approximate surface area is 94.4 Å². The number of aromatic nitrogens is 2. The third kappa shape index (κ3) is 1.55. The number of furan rings is 1. The summed E-state index contributed by atoms with van der Waals surface area (Å²) in [6.45, 7) is 0. The van der Waals surface area contributed by atoms with E-state index >= 15 is 0 Å². The molecule has 0 fully saturated rings. The third-order valence-corrected chi connectivity index (χ3v) is 2.36. The average molecular weight is 230 g/mol. The lowest BCUT2D eigenvalue weighted by atomic mass is 10.1. The van der Waals surface area contributed by atoms with Gasteiger partial charge in [0, 0.05) is 5.56 Å². The molecule has 17 heavy (non-hydrogen) atoms. The lowest BCUT2D eigenvalue weighted by Gasteiger charge is -1.95. The van der Waals surface area contributed by atoms with E-state index < -0.39 is 5.97 Å². The summed E-state index contributed by atoms with van der Waals surface area (Å²) < 4.78 is 9.75. The highest BCUT2D eigenvalue weighted by Crippen LogP contribution is 2.24. The summed E-state index contributed by atoms with van der Waals surface area (Å²) in [5.74, 6) is -0.730. The number of benzene rings is 1. The van der Waals surface area contributed by atoms with Crippen LogP contribution < -0.4 is 0 Å². The van der Waals surface area contributed by atoms with Crippen molar-refractivity contribution in [3.8, 4) is 11.3 Å². The van der Waals surface area contributed by atoms with E-state index in [0.717, 1.165) is 5.56 Å². The number of carboxylic acids is 1. The van der Waals surface area contributed by atoms with Gasteiger partial charge >= 0.3 is 5.97 Å². The lowest BCUT2D eigenvalue weighted by Crippen LogP contribution is -1.91. The van der Waals surface area contributed by atoms with Crippen molar-refractivity contribution < 1.29 is 18.9 Å². The second kappa shape index (κ2) is 3.44. The number of nitrogens with zero attached hydrogens (tertiary/aromatic N) is 2. The first-order chi connectivity index (χ1) is 8.24. The molecule has 1 N–H and O–H groups in total. The first kappa shape index (κ1) is 9.59. The molecule has 6 nitrogen and oxygen atoms in total. The maximum absolute atomic E-state index is 10.7. The summed E-state index contributed by atoms with van der Waals surface area (Å²) in [4.78, 5) is 10.7. The van der Waals surface area contributed by atoms with Gasteiger partial charge in [-0.25, -0.2) is 9.42 Å². The number of hydrogen-bond donors (Lipinski definition) is 1. The second-order valence-corrected chi connectivity index (χ2v) is 3.44. The third-order valence-electron chi connectivity index (χ3n) is 2.36. The minimum absolute atomic E-state index is 0.0987. The molecular weight excluding hydrogens is 224 g/mol. The number of fused-ring (bicyclic) bond motifs is 1. The number of carboxylic acid groups (broad SMARTS) is 1. The van der Waals surface area contributed by atoms with Crippen LogP contribution in [0.15, 0.2) is 39.4 Å². The van der Waals surface area contributed by atoms with Crippen molar-refractivity contribution in [2.45, 2.75) is 0 Å². The Morgan fingerprint density at radius 3 is 2.71 bits per heavy atom. The monoisotopic (exact) mass is 230 g/mol. The molecule has 3 aromatic rings. The highest BCUT2D eigenvalue weighted by molar-refractivity contribution is 5.86. The van der Waals surface area contributed by atoms with Gasteiger partial charge in [0.2, 0.25) is 5.76 Å². The van der Waals surface area contributed by atoms with E-state index in [0.29, 0.717) is 16.8 Å². The van der Waals surface area contributed by atoms with Crippen LogP contribution in [0.5, 0.6) is 0 Å². The van der Waals surface area contributed by atoms with Gasteiger partial charge in [-0.05, 0) is 40.6 Å². The van der Waals surface area contributed by atoms with E-state index in [-0.39, 0.29) is 5.76 Å². The summed E-state index contributed by atoms with van der Waals surface area (Å²) >= 11 is 0. The van der Waals surface area contributed by atoms with E-state index in [1.165, 1.54) is 6.07 Å². The van der Waals surface area contributed by atoms with E-state index in [2.05, 4.69) is 14.9 Å².